The van der Waals surface area contributed by atoms with Crippen molar-refractivity contribution < 1.29 is 6.51 Å². The average Bonchev–Trinajstić information content (AvgIpc) is 3.75. The molecule has 0 saturated carbocycles. The number of fused-ring (bicyclic) bond motifs is 10. The van der Waals surface area contributed by atoms with E-state index in [0.717, 1.165) is 18.1 Å². The van der Waals surface area contributed by atoms with Crippen LogP contribution < -0.4 is 10.6 Å². The maximum absolute atomic E-state index is 3.75. The molecule has 192 valence electrons. The molecule has 2 aromatic rings. The molecule has 0 aromatic heterocycles. The Kier molecular flexibility index (Phi) is 1.60. The second-order valence-corrected chi connectivity index (χ2v) is 49.8. The standard InChI is InChI=1S/C27H36P3.C5H5.Fe/c1-20(30(21-14-10-8-11-15-21)22-16-12-9-13-17-22)25-23(28-26(2,3)4)18-19-24(25)29-27(5,6)7;1-2-4-5-3-1;/h8-20,28-29H,1-7H3;1-5H;. The van der Waals surface area contributed by atoms with Gasteiger partial charge in [-0.05, 0) is 0 Å². The number of rotatable bonds is 6. The summed E-state index contributed by atoms with van der Waals surface area (Å²) in [6.45, 7) is 14.9. The van der Waals surface area contributed by atoms with Crippen LogP contribution in [0.1, 0.15) is 48.5 Å². The number of hydrogen-bond acceptors (Lipinski definition) is 0. The van der Waals surface area contributed by atoms with E-state index >= 15 is 0 Å². The summed E-state index contributed by atoms with van der Waals surface area (Å²) in [6, 6.07) is 23.8. The monoisotopic (exact) mass is 574 g/mol. The van der Waals surface area contributed by atoms with Crippen LogP contribution >= 0.6 is 25.1 Å². The van der Waals surface area contributed by atoms with Crippen LogP contribution in [0.3, 0.4) is 0 Å². The van der Waals surface area contributed by atoms with Gasteiger partial charge in [0.15, 0.2) is 0 Å². The normalized spacial score (nSPS) is 69.3. The molecule has 10 saturated heterocycles. The third-order valence-corrected chi connectivity index (χ3v) is 78.3. The fourth-order valence-corrected chi connectivity index (χ4v) is 132. The van der Waals surface area contributed by atoms with Crippen molar-refractivity contribution in [2.45, 2.75) is 111 Å². The van der Waals surface area contributed by atoms with Crippen molar-refractivity contribution >= 4 is 35.7 Å². The van der Waals surface area contributed by atoms with Crippen molar-refractivity contribution in [3.8, 4) is 0 Å². The summed E-state index contributed by atoms with van der Waals surface area (Å²) >= 11 is 0. The summed E-state index contributed by atoms with van der Waals surface area (Å²) in [5.41, 5.74) is 0.890. The molecule has 8 atom stereocenters. The molecule has 2 aromatic carbocycles. The molecule has 0 aliphatic carbocycles. The first-order chi connectivity index (χ1) is 16.7. The molecule has 36 heavy (non-hydrogen) atoms. The SMILES string of the molecule is CC(P(c1ccccc1)c1ccccc1)[C]12[C]3(PC(C)(C)C)[CH]4[CH]5[C@]1(PC(C)(C)C)[Fe]45321678[CH]2[CH]1[CH]6[CH]7[CH]28. The van der Waals surface area contributed by atoms with Crippen molar-refractivity contribution in [3.63, 3.8) is 0 Å². The van der Waals surface area contributed by atoms with E-state index in [-0.39, 0.29) is 7.92 Å². The molecule has 1 spiro atoms. The summed E-state index contributed by atoms with van der Waals surface area (Å²) in [7, 11) is 2.21. The third kappa shape index (κ3) is 0.459. The Bertz CT molecular complexity index is 1720. The summed E-state index contributed by atoms with van der Waals surface area (Å²) < 4.78 is 2.68. The van der Waals surface area contributed by atoms with E-state index in [4.69, 9.17) is 0 Å². The quantitative estimate of drug-likeness (QED) is 0.239. The first-order valence-corrected chi connectivity index (χ1v) is 24.0. The van der Waals surface area contributed by atoms with Crippen LogP contribution in [0.4, 0.5) is 0 Å². The van der Waals surface area contributed by atoms with Gasteiger partial charge in [-0.1, -0.05) is 0 Å². The van der Waals surface area contributed by atoms with Gasteiger partial charge in [-0.15, -0.1) is 0 Å². The molecule has 0 bridgehead atoms. The summed E-state index contributed by atoms with van der Waals surface area (Å²) in [5.74, 6) is 0. The second-order valence-electron chi connectivity index (χ2n) is 18.3. The third-order valence-electron chi connectivity index (χ3n) is 19.3. The van der Waals surface area contributed by atoms with Gasteiger partial charge in [-0.2, -0.15) is 0 Å². The molecule has 10 fully saturated rings. The molecule has 10 heterocycles. The number of hydrogen-bond donors (Lipinski definition) is 0. The Morgan fingerprint density at radius 2 is 1.03 bits per heavy atom. The molecule has 4 heteroatoms. The zero-order valence-corrected chi connectivity index (χ0v) is 26.7. The van der Waals surface area contributed by atoms with Crippen LogP contribution in [-0.2, 0) is 6.51 Å². The van der Waals surface area contributed by atoms with E-state index in [1.165, 1.54) is 50.9 Å². The molecule has 0 nitrogen and oxygen atoms in total. The van der Waals surface area contributed by atoms with E-state index in [1.807, 2.05) is 0 Å². The topological polar surface area (TPSA) is 0 Å². The van der Waals surface area contributed by atoms with Gasteiger partial charge >= 0.3 is 213 Å². The Morgan fingerprint density at radius 3 is 1.33 bits per heavy atom. The van der Waals surface area contributed by atoms with Crippen LogP contribution in [-0.4, -0.2) is 24.1 Å². The van der Waals surface area contributed by atoms with Crippen molar-refractivity contribution in [1.82, 2.24) is 0 Å². The van der Waals surface area contributed by atoms with Crippen LogP contribution in [0.15, 0.2) is 60.7 Å². The van der Waals surface area contributed by atoms with Crippen molar-refractivity contribution in [1.29, 1.82) is 0 Å². The molecular weight excluding hydrogens is 533 g/mol. The average molecular weight is 574 g/mol. The van der Waals surface area contributed by atoms with Gasteiger partial charge in [-0.25, -0.2) is 0 Å². The van der Waals surface area contributed by atoms with Gasteiger partial charge in [0.1, 0.15) is 0 Å². The van der Waals surface area contributed by atoms with Gasteiger partial charge in [-0.3, -0.25) is 0 Å². The minimum absolute atomic E-state index is 0.321. The van der Waals surface area contributed by atoms with E-state index in [9.17, 15) is 0 Å². The number of benzene rings is 2. The molecule has 0 N–H and O–H groups in total. The minimum atomic E-state index is -3.75. The fourth-order valence-electron chi connectivity index (χ4n) is 22.1. The van der Waals surface area contributed by atoms with Gasteiger partial charge in [0.25, 0.3) is 0 Å². The summed E-state index contributed by atoms with van der Waals surface area (Å²) in [5, 5.41) is 4.37. The van der Waals surface area contributed by atoms with Crippen LogP contribution in [0.2, 0.25) is 38.0 Å². The van der Waals surface area contributed by atoms with E-state index in [1.54, 1.807) is 10.6 Å². The van der Waals surface area contributed by atoms with Crippen molar-refractivity contribution in [2.75, 3.05) is 0 Å². The molecule has 0 amide bonds. The molecule has 7 unspecified atom stereocenters. The predicted molar refractivity (Wildman–Crippen MR) is 159 cm³/mol. The summed E-state index contributed by atoms with van der Waals surface area (Å²) in [4.78, 5) is 9.50. The van der Waals surface area contributed by atoms with Gasteiger partial charge in [0.05, 0.1) is 0 Å². The van der Waals surface area contributed by atoms with Crippen molar-refractivity contribution in [2.24, 2.45) is 0 Å². The molecule has 10 aliphatic heterocycles. The zero-order chi connectivity index (χ0) is 24.7. The first-order valence-electron chi connectivity index (χ1n) is 14.4. The second kappa shape index (κ2) is 2.86. The van der Waals surface area contributed by atoms with Crippen LogP contribution in [0.25, 0.3) is 0 Å². The predicted octanol–water partition coefficient (Wildman–Crippen LogP) is 9.04. The van der Waals surface area contributed by atoms with Crippen LogP contribution in [0.5, 0.6) is 0 Å². The zero-order valence-electron chi connectivity index (χ0n) is 22.7. The van der Waals surface area contributed by atoms with Crippen LogP contribution in [0, 0.1) is 0 Å². The molecule has 10 aliphatic rings. The molecule has 12 rings (SSSR count). The Hall–Kier alpha value is 0.249. The van der Waals surface area contributed by atoms with Gasteiger partial charge < -0.3 is 0 Å². The molecule has 0 radical (unpaired) electrons. The van der Waals surface area contributed by atoms with E-state index in [2.05, 4.69) is 109 Å². The van der Waals surface area contributed by atoms with Crippen molar-refractivity contribution in [3.05, 3.63) is 60.7 Å². The van der Waals surface area contributed by atoms with E-state index in [0.29, 0.717) is 10.3 Å². The maximum atomic E-state index is 2.87. The van der Waals surface area contributed by atoms with E-state index < -0.39 is 6.51 Å². The summed E-state index contributed by atoms with van der Waals surface area (Å²) in [6.07, 6.45) is 0. The Morgan fingerprint density at radius 1 is 0.667 bits per heavy atom. The van der Waals surface area contributed by atoms with Gasteiger partial charge in [0.2, 0.25) is 0 Å². The van der Waals surface area contributed by atoms with Gasteiger partial charge in [0, 0.05) is 0 Å². The Balaban J connectivity index is 1.19. The Labute approximate surface area is 212 Å². The first kappa shape index (κ1) is 20.2. The molecular formula is C32H41FeP3. The fraction of sp³-hybridized carbons (Fsp3) is 0.625.